The van der Waals surface area contributed by atoms with Crippen molar-refractivity contribution in [2.75, 3.05) is 5.73 Å². The van der Waals surface area contributed by atoms with Gasteiger partial charge in [0.1, 0.15) is 0 Å². The van der Waals surface area contributed by atoms with E-state index in [0.717, 1.165) is 18.5 Å². The molecule has 0 spiro atoms. The lowest BCUT2D eigenvalue weighted by molar-refractivity contribution is 0.349. The Morgan fingerprint density at radius 2 is 1.28 bits per heavy atom. The first-order chi connectivity index (χ1) is 13.9. The van der Waals surface area contributed by atoms with Crippen molar-refractivity contribution in [3.63, 3.8) is 0 Å². The average Bonchev–Trinajstić information content (AvgIpc) is 2.74. The first-order valence-electron chi connectivity index (χ1n) is 10.7. The van der Waals surface area contributed by atoms with Crippen LogP contribution in [0.3, 0.4) is 0 Å². The minimum absolute atomic E-state index is 0.329. The largest absolute Gasteiger partial charge is 0.399 e. The van der Waals surface area contributed by atoms with Crippen LogP contribution in [0.2, 0.25) is 0 Å². The highest BCUT2D eigenvalue weighted by molar-refractivity contribution is 5.98. The van der Waals surface area contributed by atoms with Crippen molar-refractivity contribution in [2.24, 2.45) is 5.41 Å². The van der Waals surface area contributed by atoms with E-state index in [1.807, 2.05) is 12.1 Å². The number of nitrogens with two attached hydrogens (primary N) is 1. The van der Waals surface area contributed by atoms with Gasteiger partial charge in [-0.25, -0.2) is 0 Å². The molecule has 3 aromatic rings. The molecule has 0 aliphatic carbocycles. The number of allylic oxidation sites excluding steroid dienone is 1. The predicted molar refractivity (Wildman–Crippen MR) is 128 cm³/mol. The lowest BCUT2D eigenvalue weighted by atomic mass is 9.82. The molecule has 0 amide bonds. The molecule has 0 saturated carbocycles. The van der Waals surface area contributed by atoms with Gasteiger partial charge in [0.2, 0.25) is 0 Å². The van der Waals surface area contributed by atoms with Gasteiger partial charge in [-0.15, -0.1) is 0 Å². The molecule has 0 aliphatic rings. The third-order valence-electron chi connectivity index (χ3n) is 5.86. The Morgan fingerprint density at radius 1 is 0.724 bits per heavy atom. The number of rotatable bonds is 7. The zero-order chi connectivity index (χ0) is 20.9. The minimum Gasteiger partial charge on any atom is -0.399 e. The highest BCUT2D eigenvalue weighted by Crippen LogP contribution is 2.35. The summed E-state index contributed by atoms with van der Waals surface area (Å²) in [6, 6.07) is 28.1. The maximum absolute atomic E-state index is 5.96. The summed E-state index contributed by atoms with van der Waals surface area (Å²) in [5.41, 5.74) is 14.9. The van der Waals surface area contributed by atoms with E-state index in [0.29, 0.717) is 5.41 Å². The van der Waals surface area contributed by atoms with Crippen LogP contribution in [0.5, 0.6) is 0 Å². The van der Waals surface area contributed by atoms with Crippen molar-refractivity contribution >= 4 is 16.8 Å². The average molecular weight is 384 g/mol. The van der Waals surface area contributed by atoms with E-state index in [1.54, 1.807) is 0 Å². The molecule has 0 aromatic heterocycles. The molecule has 0 unspecified atom stereocenters. The first kappa shape index (κ1) is 20.9. The molecule has 0 fully saturated rings. The standard InChI is InChI=1S/C28H33N/c1-5-26(22-10-8-7-9-11-22)27(24-16-18-25(29)19-17-24)23-14-12-21(13-15-23)20-28(3,4)6-2/h7-19H,5-6,20,29H2,1-4H3/b27-26-. The lowest BCUT2D eigenvalue weighted by Gasteiger charge is -2.23. The molecule has 0 bridgehead atoms. The van der Waals surface area contributed by atoms with E-state index < -0.39 is 0 Å². The predicted octanol–water partition coefficient (Wildman–Crippen LogP) is 7.62. The van der Waals surface area contributed by atoms with Crippen LogP contribution in [0.15, 0.2) is 78.9 Å². The number of hydrogen-bond acceptors (Lipinski definition) is 1. The van der Waals surface area contributed by atoms with Crippen molar-refractivity contribution in [3.8, 4) is 0 Å². The van der Waals surface area contributed by atoms with Crippen LogP contribution in [-0.4, -0.2) is 0 Å². The van der Waals surface area contributed by atoms with Crippen molar-refractivity contribution in [1.82, 2.24) is 0 Å². The number of anilines is 1. The fourth-order valence-electron chi connectivity index (χ4n) is 3.80. The van der Waals surface area contributed by atoms with Crippen molar-refractivity contribution in [3.05, 3.63) is 101 Å². The molecular formula is C28H33N. The van der Waals surface area contributed by atoms with Crippen LogP contribution in [0.1, 0.15) is 62.8 Å². The summed E-state index contributed by atoms with van der Waals surface area (Å²) >= 11 is 0. The first-order valence-corrected chi connectivity index (χ1v) is 10.7. The van der Waals surface area contributed by atoms with Crippen LogP contribution >= 0.6 is 0 Å². The Hall–Kier alpha value is -2.80. The summed E-state index contributed by atoms with van der Waals surface area (Å²) in [5.74, 6) is 0. The highest BCUT2D eigenvalue weighted by atomic mass is 14.5. The molecule has 3 aromatic carbocycles. The zero-order valence-corrected chi connectivity index (χ0v) is 18.2. The number of benzene rings is 3. The third kappa shape index (κ3) is 5.17. The molecule has 2 N–H and O–H groups in total. The maximum atomic E-state index is 5.96. The van der Waals surface area contributed by atoms with Crippen molar-refractivity contribution < 1.29 is 0 Å². The van der Waals surface area contributed by atoms with Crippen molar-refractivity contribution in [2.45, 2.75) is 47.0 Å². The summed E-state index contributed by atoms with van der Waals surface area (Å²) in [6.07, 6.45) is 3.25. The Morgan fingerprint density at radius 3 is 1.79 bits per heavy atom. The van der Waals surface area contributed by atoms with Gasteiger partial charge in [-0.1, -0.05) is 101 Å². The van der Waals surface area contributed by atoms with Crippen LogP contribution < -0.4 is 5.73 Å². The van der Waals surface area contributed by atoms with E-state index >= 15 is 0 Å². The SMILES string of the molecule is CC/C(=C(/c1ccc(N)cc1)c1ccc(CC(C)(C)CC)cc1)c1ccccc1. The molecule has 0 saturated heterocycles. The topological polar surface area (TPSA) is 26.0 Å². The third-order valence-corrected chi connectivity index (χ3v) is 5.86. The summed E-state index contributed by atoms with van der Waals surface area (Å²) in [5, 5.41) is 0. The van der Waals surface area contributed by atoms with Gasteiger partial charge in [0.25, 0.3) is 0 Å². The fraction of sp³-hybridized carbons (Fsp3) is 0.286. The van der Waals surface area contributed by atoms with Gasteiger partial charge < -0.3 is 5.73 Å². The van der Waals surface area contributed by atoms with Gasteiger partial charge >= 0.3 is 0 Å². The van der Waals surface area contributed by atoms with Gasteiger partial charge in [0, 0.05) is 5.69 Å². The summed E-state index contributed by atoms with van der Waals surface area (Å²) in [4.78, 5) is 0. The van der Waals surface area contributed by atoms with Crippen LogP contribution in [0, 0.1) is 5.41 Å². The normalized spacial score (nSPS) is 12.6. The zero-order valence-electron chi connectivity index (χ0n) is 18.2. The molecule has 0 atom stereocenters. The van der Waals surface area contributed by atoms with E-state index in [-0.39, 0.29) is 0 Å². The maximum Gasteiger partial charge on any atom is 0.0314 e. The Kier molecular flexibility index (Phi) is 6.59. The van der Waals surface area contributed by atoms with Gasteiger partial charge in [0.05, 0.1) is 0 Å². The van der Waals surface area contributed by atoms with Crippen LogP contribution in [0.4, 0.5) is 5.69 Å². The summed E-state index contributed by atoms with van der Waals surface area (Å²) in [6.45, 7) is 9.18. The Bertz CT molecular complexity index is 945. The summed E-state index contributed by atoms with van der Waals surface area (Å²) < 4.78 is 0. The van der Waals surface area contributed by atoms with Gasteiger partial charge in [-0.05, 0) is 63.8 Å². The van der Waals surface area contributed by atoms with Crippen LogP contribution in [0.25, 0.3) is 11.1 Å². The molecule has 1 nitrogen and oxygen atoms in total. The van der Waals surface area contributed by atoms with E-state index in [2.05, 4.69) is 94.4 Å². The molecule has 1 heteroatoms. The molecular weight excluding hydrogens is 350 g/mol. The summed E-state index contributed by atoms with van der Waals surface area (Å²) in [7, 11) is 0. The molecule has 0 radical (unpaired) electrons. The number of nitrogen functional groups attached to an aromatic ring is 1. The van der Waals surface area contributed by atoms with Crippen molar-refractivity contribution in [1.29, 1.82) is 0 Å². The van der Waals surface area contributed by atoms with Gasteiger partial charge in [-0.2, -0.15) is 0 Å². The monoisotopic (exact) mass is 383 g/mol. The fourth-order valence-corrected chi connectivity index (χ4v) is 3.80. The smallest absolute Gasteiger partial charge is 0.0314 e. The van der Waals surface area contributed by atoms with Crippen LogP contribution in [-0.2, 0) is 6.42 Å². The molecule has 0 aliphatic heterocycles. The molecule has 0 heterocycles. The second-order valence-electron chi connectivity index (χ2n) is 8.59. The second-order valence-corrected chi connectivity index (χ2v) is 8.59. The molecule has 29 heavy (non-hydrogen) atoms. The molecule has 150 valence electrons. The molecule has 3 rings (SSSR count). The van der Waals surface area contributed by atoms with E-state index in [4.69, 9.17) is 5.73 Å². The highest BCUT2D eigenvalue weighted by Gasteiger charge is 2.17. The van der Waals surface area contributed by atoms with E-state index in [1.165, 1.54) is 39.8 Å². The van der Waals surface area contributed by atoms with E-state index in [9.17, 15) is 0 Å². The minimum atomic E-state index is 0.329. The lowest BCUT2D eigenvalue weighted by Crippen LogP contribution is -2.13. The van der Waals surface area contributed by atoms with Gasteiger partial charge in [-0.3, -0.25) is 0 Å². The Labute approximate surface area is 176 Å². The Balaban J connectivity index is 2.11. The second kappa shape index (κ2) is 9.13. The quantitative estimate of drug-likeness (QED) is 0.329. The van der Waals surface area contributed by atoms with Gasteiger partial charge in [0.15, 0.2) is 0 Å². The number of hydrogen-bond donors (Lipinski definition) is 1.